The Bertz CT molecular complexity index is 685. The van der Waals surface area contributed by atoms with Crippen LogP contribution in [0.15, 0.2) is 28.7 Å². The number of aromatic nitrogens is 2. The molecule has 0 aliphatic carbocycles. The molecular formula is C15H19F3IN5S. The van der Waals surface area contributed by atoms with Crippen molar-refractivity contribution in [2.75, 3.05) is 13.6 Å². The van der Waals surface area contributed by atoms with Gasteiger partial charge in [0.1, 0.15) is 5.01 Å². The van der Waals surface area contributed by atoms with Crippen LogP contribution in [0.2, 0.25) is 0 Å². The fraction of sp³-hybridized carbons (Fsp3) is 0.400. The lowest BCUT2D eigenvalue weighted by Gasteiger charge is -2.10. The lowest BCUT2D eigenvalue weighted by molar-refractivity contribution is -0.140. The maximum absolute atomic E-state index is 12.5. The molecule has 2 heterocycles. The normalized spacial score (nSPS) is 11.8. The number of aryl methyl sites for hydroxylation is 1. The van der Waals surface area contributed by atoms with Gasteiger partial charge in [-0.1, -0.05) is 6.07 Å². The molecule has 10 heteroatoms. The first kappa shape index (κ1) is 21.6. The molecule has 0 amide bonds. The van der Waals surface area contributed by atoms with Crippen LogP contribution in [0.5, 0.6) is 0 Å². The minimum atomic E-state index is -4.41. The van der Waals surface area contributed by atoms with Crippen molar-refractivity contribution in [1.82, 2.24) is 20.6 Å². The predicted molar refractivity (Wildman–Crippen MR) is 103 cm³/mol. The summed E-state index contributed by atoms with van der Waals surface area (Å²) in [5.41, 5.74) is 1.20. The molecule has 0 fully saturated rings. The van der Waals surface area contributed by atoms with Crippen LogP contribution in [0.4, 0.5) is 13.2 Å². The monoisotopic (exact) mass is 485 g/mol. The summed E-state index contributed by atoms with van der Waals surface area (Å²) in [6.07, 6.45) is -1.82. The lowest BCUT2D eigenvalue weighted by Crippen LogP contribution is -2.37. The number of pyridine rings is 1. The molecule has 0 bridgehead atoms. The third-order valence-electron chi connectivity index (χ3n) is 3.15. The van der Waals surface area contributed by atoms with Gasteiger partial charge >= 0.3 is 6.18 Å². The number of aliphatic imine (C=N–C) groups is 1. The Morgan fingerprint density at radius 3 is 2.60 bits per heavy atom. The number of thiazole rings is 1. The molecule has 5 nitrogen and oxygen atoms in total. The average molecular weight is 485 g/mol. The van der Waals surface area contributed by atoms with Crippen molar-refractivity contribution in [3.05, 3.63) is 45.7 Å². The quantitative estimate of drug-likeness (QED) is 0.388. The van der Waals surface area contributed by atoms with Gasteiger partial charge in [0, 0.05) is 30.9 Å². The van der Waals surface area contributed by atoms with E-state index in [4.69, 9.17) is 0 Å². The zero-order chi connectivity index (χ0) is 17.6. The van der Waals surface area contributed by atoms with Gasteiger partial charge in [0.05, 0.1) is 6.54 Å². The summed E-state index contributed by atoms with van der Waals surface area (Å²) >= 11 is 0.966. The molecule has 0 aliphatic heterocycles. The number of guanidine groups is 1. The minimum Gasteiger partial charge on any atom is -0.356 e. The van der Waals surface area contributed by atoms with Crippen LogP contribution in [0.1, 0.15) is 22.0 Å². The maximum atomic E-state index is 12.5. The third kappa shape index (κ3) is 7.14. The summed E-state index contributed by atoms with van der Waals surface area (Å²) in [5, 5.41) is 7.42. The van der Waals surface area contributed by atoms with E-state index in [1.54, 1.807) is 7.05 Å². The Balaban J connectivity index is 0.00000312. The number of hydrogen-bond acceptors (Lipinski definition) is 4. The molecule has 138 valence electrons. The Kier molecular flexibility index (Phi) is 8.56. The molecule has 0 unspecified atom stereocenters. The molecule has 2 rings (SSSR count). The van der Waals surface area contributed by atoms with Crippen molar-refractivity contribution in [3.8, 4) is 0 Å². The number of alkyl halides is 3. The molecule has 2 N–H and O–H groups in total. The van der Waals surface area contributed by atoms with Crippen molar-refractivity contribution in [2.24, 2.45) is 4.99 Å². The first-order valence-corrected chi connectivity index (χ1v) is 8.14. The fourth-order valence-corrected chi connectivity index (χ4v) is 2.61. The molecule has 0 aromatic carbocycles. The first-order valence-electron chi connectivity index (χ1n) is 7.26. The molecule has 0 saturated heterocycles. The number of nitrogens with one attached hydrogen (secondary N) is 2. The van der Waals surface area contributed by atoms with E-state index < -0.39 is 11.9 Å². The predicted octanol–water partition coefficient (Wildman–Crippen LogP) is 3.39. The van der Waals surface area contributed by atoms with Crippen LogP contribution in [0.25, 0.3) is 0 Å². The number of rotatable bonds is 5. The number of halogens is 4. The highest BCUT2D eigenvalue weighted by Crippen LogP contribution is 2.29. The molecule has 0 radical (unpaired) electrons. The largest absolute Gasteiger partial charge is 0.434 e. The minimum absolute atomic E-state index is 0. The molecule has 2 aromatic rings. The van der Waals surface area contributed by atoms with Gasteiger partial charge in [-0.25, -0.2) is 4.98 Å². The van der Waals surface area contributed by atoms with E-state index in [1.165, 1.54) is 0 Å². The van der Waals surface area contributed by atoms with Crippen molar-refractivity contribution in [2.45, 2.75) is 26.1 Å². The molecule has 0 spiro atoms. The van der Waals surface area contributed by atoms with E-state index in [0.29, 0.717) is 17.5 Å². The zero-order valence-corrected chi connectivity index (χ0v) is 16.9. The van der Waals surface area contributed by atoms with Gasteiger partial charge in [0.2, 0.25) is 0 Å². The molecule has 0 saturated carbocycles. The van der Waals surface area contributed by atoms with E-state index in [1.807, 2.05) is 25.3 Å². The summed E-state index contributed by atoms with van der Waals surface area (Å²) in [6, 6.07) is 3.96. The van der Waals surface area contributed by atoms with Gasteiger partial charge in [-0.15, -0.1) is 35.3 Å². The Hall–Kier alpha value is -1.43. The number of hydrogen-bond donors (Lipinski definition) is 2. The zero-order valence-electron chi connectivity index (χ0n) is 13.7. The van der Waals surface area contributed by atoms with Crippen LogP contribution in [0, 0.1) is 6.92 Å². The van der Waals surface area contributed by atoms with Gasteiger partial charge in [-0.3, -0.25) is 9.98 Å². The van der Waals surface area contributed by atoms with Gasteiger partial charge < -0.3 is 10.6 Å². The van der Waals surface area contributed by atoms with E-state index in [9.17, 15) is 13.2 Å². The molecule has 25 heavy (non-hydrogen) atoms. The highest BCUT2D eigenvalue weighted by Gasteiger charge is 2.33. The standard InChI is InChI=1S/C15H18F3N5S.HI/c1-10-3-4-11(7-21-10)5-6-20-14(19-2)22-8-13-23-12(9-24-13)15(16,17)18;/h3-4,7,9H,5-6,8H2,1-2H3,(H2,19,20,22);1H. The smallest absolute Gasteiger partial charge is 0.356 e. The van der Waals surface area contributed by atoms with Crippen LogP contribution in [0.3, 0.4) is 0 Å². The van der Waals surface area contributed by atoms with Crippen LogP contribution < -0.4 is 10.6 Å². The van der Waals surface area contributed by atoms with Crippen molar-refractivity contribution >= 4 is 41.3 Å². The lowest BCUT2D eigenvalue weighted by atomic mass is 10.2. The summed E-state index contributed by atoms with van der Waals surface area (Å²) in [5.74, 6) is 0.513. The second-order valence-electron chi connectivity index (χ2n) is 5.03. The summed E-state index contributed by atoms with van der Waals surface area (Å²) < 4.78 is 37.5. The van der Waals surface area contributed by atoms with Gasteiger partial charge in [-0.05, 0) is 25.0 Å². The topological polar surface area (TPSA) is 62.2 Å². The Labute approximate surface area is 165 Å². The first-order chi connectivity index (χ1) is 11.4. The molecule has 2 aromatic heterocycles. The average Bonchev–Trinajstić information content (AvgIpc) is 3.01. The van der Waals surface area contributed by atoms with Crippen LogP contribution in [-0.4, -0.2) is 29.5 Å². The molecule has 0 aliphatic rings. The van der Waals surface area contributed by atoms with E-state index in [0.717, 1.165) is 34.4 Å². The van der Waals surface area contributed by atoms with E-state index >= 15 is 0 Å². The van der Waals surface area contributed by atoms with Gasteiger partial charge in [0.25, 0.3) is 0 Å². The van der Waals surface area contributed by atoms with E-state index in [-0.39, 0.29) is 30.5 Å². The summed E-state index contributed by atoms with van der Waals surface area (Å²) in [6.45, 7) is 2.75. The summed E-state index contributed by atoms with van der Waals surface area (Å²) in [4.78, 5) is 11.8. The highest BCUT2D eigenvalue weighted by molar-refractivity contribution is 14.0. The van der Waals surface area contributed by atoms with Gasteiger partial charge in [-0.2, -0.15) is 13.2 Å². The van der Waals surface area contributed by atoms with Crippen molar-refractivity contribution in [1.29, 1.82) is 0 Å². The Morgan fingerprint density at radius 2 is 2.04 bits per heavy atom. The van der Waals surface area contributed by atoms with Crippen molar-refractivity contribution in [3.63, 3.8) is 0 Å². The summed E-state index contributed by atoms with van der Waals surface area (Å²) in [7, 11) is 1.60. The second-order valence-corrected chi connectivity index (χ2v) is 5.98. The second kappa shape index (κ2) is 9.90. The Morgan fingerprint density at radius 1 is 1.28 bits per heavy atom. The third-order valence-corrected chi connectivity index (χ3v) is 4.00. The van der Waals surface area contributed by atoms with Crippen LogP contribution in [-0.2, 0) is 19.1 Å². The SMILES string of the molecule is CN=C(NCCc1ccc(C)nc1)NCc1nc(C(F)(F)F)cs1.I. The highest BCUT2D eigenvalue weighted by atomic mass is 127. The van der Waals surface area contributed by atoms with E-state index in [2.05, 4.69) is 25.6 Å². The number of nitrogens with zero attached hydrogens (tertiary/aromatic N) is 3. The maximum Gasteiger partial charge on any atom is 0.434 e. The fourth-order valence-electron chi connectivity index (χ4n) is 1.87. The van der Waals surface area contributed by atoms with Gasteiger partial charge in [0.15, 0.2) is 11.7 Å². The van der Waals surface area contributed by atoms with Crippen LogP contribution >= 0.6 is 35.3 Å². The van der Waals surface area contributed by atoms with Crippen molar-refractivity contribution < 1.29 is 13.2 Å². The molecular weight excluding hydrogens is 466 g/mol. The molecule has 0 atom stereocenters.